The fourth-order valence-corrected chi connectivity index (χ4v) is 4.28. The number of aromatic nitrogens is 3. The molecule has 0 bridgehead atoms. The summed E-state index contributed by atoms with van der Waals surface area (Å²) in [6.45, 7) is 3.09. The van der Waals surface area contributed by atoms with Crippen LogP contribution in [0, 0.1) is 6.92 Å². The van der Waals surface area contributed by atoms with Gasteiger partial charge in [-0.2, -0.15) is 5.10 Å². The molecule has 0 atom stereocenters. The molecule has 0 saturated heterocycles. The molecule has 2 amide bonds. The third kappa shape index (κ3) is 4.21. The zero-order chi connectivity index (χ0) is 22.8. The van der Waals surface area contributed by atoms with Crippen LogP contribution in [0.2, 0.25) is 0 Å². The molecule has 0 spiro atoms. The van der Waals surface area contributed by atoms with Crippen LogP contribution in [0.15, 0.2) is 47.5 Å². The highest BCUT2D eigenvalue weighted by molar-refractivity contribution is 5.95. The summed E-state index contributed by atoms with van der Waals surface area (Å²) in [4.78, 5) is 40.5. The van der Waals surface area contributed by atoms with Crippen molar-refractivity contribution in [1.29, 1.82) is 0 Å². The van der Waals surface area contributed by atoms with E-state index in [-0.39, 0.29) is 29.4 Å². The van der Waals surface area contributed by atoms with Gasteiger partial charge in [0.15, 0.2) is 0 Å². The van der Waals surface area contributed by atoms with Gasteiger partial charge in [-0.3, -0.25) is 19.1 Å². The average molecular weight is 434 g/mol. The molecule has 1 N–H and O–H groups in total. The van der Waals surface area contributed by atoms with E-state index >= 15 is 0 Å². The molecule has 3 heterocycles. The first-order chi connectivity index (χ1) is 15.4. The lowest BCUT2D eigenvalue weighted by Crippen LogP contribution is -2.41. The molecule has 3 aromatic rings. The first-order valence-corrected chi connectivity index (χ1v) is 10.7. The Hall–Kier alpha value is -3.68. The van der Waals surface area contributed by atoms with E-state index < -0.39 is 0 Å². The van der Waals surface area contributed by atoms with E-state index in [0.29, 0.717) is 26.1 Å². The number of aryl methyl sites for hydroxylation is 2. The van der Waals surface area contributed by atoms with Crippen LogP contribution in [0.1, 0.15) is 38.3 Å². The van der Waals surface area contributed by atoms with Crippen LogP contribution < -0.4 is 10.9 Å². The topological polar surface area (TPSA) is 89.2 Å². The Kier molecular flexibility index (Phi) is 5.94. The normalized spacial score (nSPS) is 13.0. The zero-order valence-corrected chi connectivity index (χ0v) is 18.6. The Labute approximate surface area is 186 Å². The SMILES string of the molecule is CNC(=O)c1c2c(cn(Cc3ccccc3)c1=O)CN(C(=O)Cc1cn(C)nc1C)CC2. The van der Waals surface area contributed by atoms with Gasteiger partial charge in [0.1, 0.15) is 5.56 Å². The minimum atomic E-state index is -0.389. The molecule has 8 nitrogen and oxygen atoms in total. The smallest absolute Gasteiger partial charge is 0.264 e. The van der Waals surface area contributed by atoms with Crippen molar-refractivity contribution < 1.29 is 9.59 Å². The Bertz CT molecular complexity index is 1230. The summed E-state index contributed by atoms with van der Waals surface area (Å²) < 4.78 is 3.28. The third-order valence-electron chi connectivity index (χ3n) is 5.93. The number of nitrogens with zero attached hydrogens (tertiary/aromatic N) is 4. The molecule has 32 heavy (non-hydrogen) atoms. The van der Waals surface area contributed by atoms with Crippen molar-refractivity contribution in [2.45, 2.75) is 32.9 Å². The summed E-state index contributed by atoms with van der Waals surface area (Å²) >= 11 is 0. The van der Waals surface area contributed by atoms with Gasteiger partial charge >= 0.3 is 0 Å². The lowest BCUT2D eigenvalue weighted by molar-refractivity contribution is -0.131. The number of hydrogen-bond donors (Lipinski definition) is 1. The standard InChI is InChI=1S/C24H27N5O3/c1-16-18(13-27(3)26-16)11-21(30)28-10-9-20-19(14-28)15-29(12-17-7-5-4-6-8-17)24(32)22(20)23(31)25-2/h4-8,13,15H,9-12,14H2,1-3H3,(H,25,31). The summed E-state index contributed by atoms with van der Waals surface area (Å²) in [6.07, 6.45) is 4.41. The number of carbonyl (C=O) groups is 2. The minimum absolute atomic E-state index is 0.00838. The fourth-order valence-electron chi connectivity index (χ4n) is 4.28. The molecule has 1 aliphatic heterocycles. The highest BCUT2D eigenvalue weighted by atomic mass is 16.2. The molecule has 0 aliphatic carbocycles. The third-order valence-corrected chi connectivity index (χ3v) is 5.93. The summed E-state index contributed by atoms with van der Waals surface area (Å²) in [7, 11) is 3.36. The van der Waals surface area contributed by atoms with Crippen molar-refractivity contribution in [1.82, 2.24) is 24.6 Å². The fraction of sp³-hybridized carbons (Fsp3) is 0.333. The van der Waals surface area contributed by atoms with Crippen LogP contribution >= 0.6 is 0 Å². The summed E-state index contributed by atoms with van der Waals surface area (Å²) in [5.74, 6) is -0.381. The van der Waals surface area contributed by atoms with E-state index in [1.165, 1.54) is 7.05 Å². The number of hydrogen-bond acceptors (Lipinski definition) is 4. The Morgan fingerprint density at radius 1 is 1.16 bits per heavy atom. The maximum Gasteiger partial charge on any atom is 0.264 e. The van der Waals surface area contributed by atoms with Crippen molar-refractivity contribution in [3.05, 3.63) is 86.6 Å². The number of carbonyl (C=O) groups excluding carboxylic acids is 2. The molecule has 0 fully saturated rings. The van der Waals surface area contributed by atoms with Gasteiger partial charge in [-0.1, -0.05) is 30.3 Å². The van der Waals surface area contributed by atoms with Crippen LogP contribution in [-0.2, 0) is 37.8 Å². The summed E-state index contributed by atoms with van der Waals surface area (Å²) in [6, 6.07) is 9.64. The van der Waals surface area contributed by atoms with Crippen LogP contribution in [0.25, 0.3) is 0 Å². The van der Waals surface area contributed by atoms with E-state index in [1.807, 2.05) is 50.5 Å². The molecular formula is C24H27N5O3. The van der Waals surface area contributed by atoms with Gasteiger partial charge < -0.3 is 14.8 Å². The van der Waals surface area contributed by atoms with Crippen molar-refractivity contribution in [3.63, 3.8) is 0 Å². The Morgan fingerprint density at radius 2 is 1.91 bits per heavy atom. The van der Waals surface area contributed by atoms with Crippen molar-refractivity contribution in [2.75, 3.05) is 13.6 Å². The van der Waals surface area contributed by atoms with Gasteiger partial charge in [-0.15, -0.1) is 0 Å². The second kappa shape index (κ2) is 8.82. The number of rotatable bonds is 5. The number of benzene rings is 1. The van der Waals surface area contributed by atoms with Gasteiger partial charge in [0, 0.05) is 45.1 Å². The molecule has 0 saturated carbocycles. The number of pyridine rings is 1. The highest BCUT2D eigenvalue weighted by Crippen LogP contribution is 2.22. The first kappa shape index (κ1) is 21.5. The second-order valence-corrected chi connectivity index (χ2v) is 8.16. The second-order valence-electron chi connectivity index (χ2n) is 8.16. The molecule has 0 radical (unpaired) electrons. The van der Waals surface area contributed by atoms with E-state index in [1.54, 1.807) is 20.3 Å². The molecular weight excluding hydrogens is 406 g/mol. The maximum absolute atomic E-state index is 13.2. The lowest BCUT2D eigenvalue weighted by atomic mass is 9.95. The predicted molar refractivity (Wildman–Crippen MR) is 120 cm³/mol. The van der Waals surface area contributed by atoms with Crippen molar-refractivity contribution in [3.8, 4) is 0 Å². The van der Waals surface area contributed by atoms with Gasteiger partial charge in [0.05, 0.1) is 18.7 Å². The molecule has 1 aliphatic rings. The number of fused-ring (bicyclic) bond motifs is 1. The van der Waals surface area contributed by atoms with Crippen LogP contribution in [0.3, 0.4) is 0 Å². The molecule has 8 heteroatoms. The Morgan fingerprint density at radius 3 is 2.56 bits per heavy atom. The zero-order valence-electron chi connectivity index (χ0n) is 18.6. The van der Waals surface area contributed by atoms with Gasteiger partial charge in [0.2, 0.25) is 5.91 Å². The average Bonchev–Trinajstić information content (AvgIpc) is 3.10. The van der Waals surface area contributed by atoms with Gasteiger partial charge in [-0.25, -0.2) is 0 Å². The monoisotopic (exact) mass is 433 g/mol. The summed E-state index contributed by atoms with van der Waals surface area (Å²) in [5, 5.41) is 6.91. The van der Waals surface area contributed by atoms with E-state index in [9.17, 15) is 14.4 Å². The highest BCUT2D eigenvalue weighted by Gasteiger charge is 2.28. The van der Waals surface area contributed by atoms with Crippen LogP contribution in [0.4, 0.5) is 0 Å². The van der Waals surface area contributed by atoms with Crippen molar-refractivity contribution in [2.24, 2.45) is 7.05 Å². The molecule has 2 aromatic heterocycles. The van der Waals surface area contributed by atoms with Crippen LogP contribution in [-0.4, -0.2) is 44.7 Å². The number of nitrogens with one attached hydrogen (secondary N) is 1. The quantitative estimate of drug-likeness (QED) is 0.659. The van der Waals surface area contributed by atoms with E-state index in [4.69, 9.17) is 0 Å². The van der Waals surface area contributed by atoms with Gasteiger partial charge in [0.25, 0.3) is 11.5 Å². The predicted octanol–water partition coefficient (Wildman–Crippen LogP) is 1.43. The van der Waals surface area contributed by atoms with E-state index in [2.05, 4.69) is 10.4 Å². The van der Waals surface area contributed by atoms with Crippen molar-refractivity contribution >= 4 is 11.8 Å². The molecule has 166 valence electrons. The molecule has 4 rings (SSSR count). The van der Waals surface area contributed by atoms with Gasteiger partial charge in [-0.05, 0) is 30.0 Å². The maximum atomic E-state index is 13.2. The minimum Gasteiger partial charge on any atom is -0.355 e. The largest absolute Gasteiger partial charge is 0.355 e. The first-order valence-electron chi connectivity index (χ1n) is 10.7. The summed E-state index contributed by atoms with van der Waals surface area (Å²) in [5.41, 5.74) is 4.16. The Balaban J connectivity index is 1.66. The molecule has 0 unspecified atom stereocenters. The lowest BCUT2D eigenvalue weighted by Gasteiger charge is -2.30. The van der Waals surface area contributed by atoms with Crippen LogP contribution in [0.5, 0.6) is 0 Å². The number of amides is 2. The van der Waals surface area contributed by atoms with E-state index in [0.717, 1.165) is 27.9 Å². The molecule has 1 aromatic carbocycles.